The molecule has 0 aliphatic heterocycles. The van der Waals surface area contributed by atoms with Crippen molar-refractivity contribution in [2.24, 2.45) is 7.05 Å². The quantitative estimate of drug-likeness (QED) is 0.885. The molecule has 0 radical (unpaired) electrons. The lowest BCUT2D eigenvalue weighted by molar-refractivity contribution is 0.590. The van der Waals surface area contributed by atoms with Crippen LogP contribution in [0.1, 0.15) is 22.9 Å². The molecule has 1 N–H and O–H groups in total. The highest BCUT2D eigenvalue weighted by Crippen LogP contribution is 2.28. The van der Waals surface area contributed by atoms with Gasteiger partial charge >= 0.3 is 0 Å². The Morgan fingerprint density at radius 2 is 2.20 bits per heavy atom. The molecule has 1 heterocycles. The van der Waals surface area contributed by atoms with E-state index < -0.39 is 0 Å². The van der Waals surface area contributed by atoms with E-state index in [1.165, 1.54) is 11.3 Å². The standard InChI is InChI=1S/C15H19BrClN3/c1-10-15(16)14(20(3)19-10)8-12(9-18-2)11-5-4-6-13(17)7-11/h4-7,12,18H,8-9H2,1-3H3. The lowest BCUT2D eigenvalue weighted by Crippen LogP contribution is -2.20. The predicted molar refractivity (Wildman–Crippen MR) is 87.5 cm³/mol. The van der Waals surface area contributed by atoms with Gasteiger partial charge in [0.25, 0.3) is 0 Å². The van der Waals surface area contributed by atoms with Gasteiger partial charge in [0.05, 0.1) is 15.9 Å². The summed E-state index contributed by atoms with van der Waals surface area (Å²) in [5.41, 5.74) is 3.48. The lowest BCUT2D eigenvalue weighted by Gasteiger charge is -2.18. The van der Waals surface area contributed by atoms with Crippen molar-refractivity contribution in [2.75, 3.05) is 13.6 Å². The normalized spacial score (nSPS) is 12.7. The van der Waals surface area contributed by atoms with Crippen LogP contribution in [0, 0.1) is 6.92 Å². The molecular formula is C15H19BrClN3. The maximum atomic E-state index is 6.11. The molecule has 5 heteroatoms. The van der Waals surface area contributed by atoms with Gasteiger partial charge in [0.1, 0.15) is 0 Å². The highest BCUT2D eigenvalue weighted by molar-refractivity contribution is 9.10. The van der Waals surface area contributed by atoms with E-state index in [4.69, 9.17) is 11.6 Å². The molecule has 1 aromatic heterocycles. The minimum atomic E-state index is 0.366. The third-order valence-corrected chi connectivity index (χ3v) is 4.74. The number of aromatic nitrogens is 2. The molecule has 0 fully saturated rings. The number of hydrogen-bond donors (Lipinski definition) is 1. The highest BCUT2D eigenvalue weighted by Gasteiger charge is 2.18. The van der Waals surface area contributed by atoms with Gasteiger partial charge in [-0.25, -0.2) is 0 Å². The van der Waals surface area contributed by atoms with Crippen LogP contribution < -0.4 is 5.32 Å². The summed E-state index contributed by atoms with van der Waals surface area (Å²) in [6.45, 7) is 2.91. The molecule has 0 saturated heterocycles. The summed E-state index contributed by atoms with van der Waals surface area (Å²) < 4.78 is 3.05. The first-order valence-electron chi connectivity index (χ1n) is 6.61. The number of nitrogens with one attached hydrogen (secondary N) is 1. The van der Waals surface area contributed by atoms with Gasteiger partial charge in [0.15, 0.2) is 0 Å². The van der Waals surface area contributed by atoms with Crippen LogP contribution in [0.5, 0.6) is 0 Å². The van der Waals surface area contributed by atoms with Crippen molar-refractivity contribution in [3.8, 4) is 0 Å². The van der Waals surface area contributed by atoms with Gasteiger partial charge in [-0.15, -0.1) is 0 Å². The summed E-state index contributed by atoms with van der Waals surface area (Å²) in [7, 11) is 3.96. The third-order valence-electron chi connectivity index (χ3n) is 3.47. The van der Waals surface area contributed by atoms with Crippen LogP contribution in [0.2, 0.25) is 5.02 Å². The number of aryl methyl sites for hydroxylation is 2. The van der Waals surface area contributed by atoms with Crippen molar-refractivity contribution in [3.05, 3.63) is 50.7 Å². The van der Waals surface area contributed by atoms with E-state index in [1.54, 1.807) is 0 Å². The zero-order chi connectivity index (χ0) is 14.7. The molecule has 1 aromatic carbocycles. The Balaban J connectivity index is 2.30. The topological polar surface area (TPSA) is 29.9 Å². The molecule has 1 unspecified atom stereocenters. The van der Waals surface area contributed by atoms with Crippen LogP contribution in [-0.2, 0) is 13.5 Å². The van der Waals surface area contributed by atoms with E-state index in [0.29, 0.717) is 5.92 Å². The first-order chi connectivity index (χ1) is 9.52. The van der Waals surface area contributed by atoms with Crippen molar-refractivity contribution in [2.45, 2.75) is 19.3 Å². The fourth-order valence-electron chi connectivity index (χ4n) is 2.45. The molecule has 0 aliphatic carbocycles. The summed E-state index contributed by atoms with van der Waals surface area (Å²) in [6, 6.07) is 8.08. The molecule has 0 bridgehead atoms. The Bertz CT molecular complexity index is 595. The first-order valence-corrected chi connectivity index (χ1v) is 7.78. The third kappa shape index (κ3) is 3.43. The van der Waals surface area contributed by atoms with E-state index in [1.807, 2.05) is 43.9 Å². The highest BCUT2D eigenvalue weighted by atomic mass is 79.9. The second-order valence-electron chi connectivity index (χ2n) is 4.98. The predicted octanol–water partition coefficient (Wildman–Crippen LogP) is 3.69. The Labute approximate surface area is 133 Å². The second-order valence-corrected chi connectivity index (χ2v) is 6.21. The lowest BCUT2D eigenvalue weighted by atomic mass is 9.94. The fourth-order valence-corrected chi connectivity index (χ4v) is 3.15. The Hall–Kier alpha value is -0.840. The maximum absolute atomic E-state index is 6.11. The summed E-state index contributed by atoms with van der Waals surface area (Å²) >= 11 is 9.75. The molecule has 2 rings (SSSR count). The number of benzene rings is 1. The average molecular weight is 357 g/mol. The number of likely N-dealkylation sites (N-methyl/N-ethyl adjacent to an activating group) is 1. The SMILES string of the molecule is CNCC(Cc1c(Br)c(C)nn1C)c1cccc(Cl)c1. The van der Waals surface area contributed by atoms with Gasteiger partial charge in [-0.1, -0.05) is 23.7 Å². The molecule has 2 aromatic rings. The van der Waals surface area contributed by atoms with Gasteiger partial charge in [0, 0.05) is 24.5 Å². The smallest absolute Gasteiger partial charge is 0.0738 e. The van der Waals surface area contributed by atoms with Gasteiger partial charge in [-0.3, -0.25) is 4.68 Å². The zero-order valence-electron chi connectivity index (χ0n) is 12.0. The number of rotatable bonds is 5. The van der Waals surface area contributed by atoms with Gasteiger partial charge in [-0.05, 0) is 54.0 Å². The van der Waals surface area contributed by atoms with Gasteiger partial charge in [-0.2, -0.15) is 5.10 Å². The van der Waals surface area contributed by atoms with Crippen molar-refractivity contribution in [3.63, 3.8) is 0 Å². The molecule has 0 saturated carbocycles. The molecule has 0 amide bonds. The van der Waals surface area contributed by atoms with Crippen molar-refractivity contribution >= 4 is 27.5 Å². The maximum Gasteiger partial charge on any atom is 0.0738 e. The minimum Gasteiger partial charge on any atom is -0.319 e. The van der Waals surface area contributed by atoms with Crippen LogP contribution in [0.25, 0.3) is 0 Å². The van der Waals surface area contributed by atoms with Crippen LogP contribution in [-0.4, -0.2) is 23.4 Å². The Morgan fingerprint density at radius 1 is 1.45 bits per heavy atom. The summed E-state index contributed by atoms with van der Waals surface area (Å²) in [6.07, 6.45) is 0.916. The fraction of sp³-hybridized carbons (Fsp3) is 0.400. The van der Waals surface area contributed by atoms with Crippen LogP contribution >= 0.6 is 27.5 Å². The summed E-state index contributed by atoms with van der Waals surface area (Å²) in [5, 5.41) is 8.50. The van der Waals surface area contributed by atoms with E-state index in [0.717, 1.165) is 28.2 Å². The number of halogens is 2. The number of hydrogen-bond acceptors (Lipinski definition) is 2. The first kappa shape index (κ1) is 15.5. The zero-order valence-corrected chi connectivity index (χ0v) is 14.3. The average Bonchev–Trinajstić information content (AvgIpc) is 2.64. The van der Waals surface area contributed by atoms with Gasteiger partial charge < -0.3 is 5.32 Å². The Morgan fingerprint density at radius 3 is 2.75 bits per heavy atom. The summed E-state index contributed by atoms with van der Waals surface area (Å²) in [5.74, 6) is 0.366. The van der Waals surface area contributed by atoms with Crippen molar-refractivity contribution < 1.29 is 0 Å². The molecular weight excluding hydrogens is 338 g/mol. The number of nitrogens with zero attached hydrogens (tertiary/aromatic N) is 2. The van der Waals surface area contributed by atoms with E-state index in [9.17, 15) is 0 Å². The minimum absolute atomic E-state index is 0.366. The van der Waals surface area contributed by atoms with Crippen LogP contribution in [0.4, 0.5) is 0 Å². The van der Waals surface area contributed by atoms with E-state index in [2.05, 4.69) is 32.4 Å². The molecule has 0 aliphatic rings. The summed E-state index contributed by atoms with van der Waals surface area (Å²) in [4.78, 5) is 0. The molecule has 3 nitrogen and oxygen atoms in total. The molecule has 20 heavy (non-hydrogen) atoms. The van der Waals surface area contributed by atoms with Crippen molar-refractivity contribution in [1.29, 1.82) is 0 Å². The van der Waals surface area contributed by atoms with Gasteiger partial charge in [0.2, 0.25) is 0 Å². The van der Waals surface area contributed by atoms with Crippen LogP contribution in [0.15, 0.2) is 28.7 Å². The van der Waals surface area contributed by atoms with Crippen LogP contribution in [0.3, 0.4) is 0 Å². The monoisotopic (exact) mass is 355 g/mol. The van der Waals surface area contributed by atoms with Crippen molar-refractivity contribution in [1.82, 2.24) is 15.1 Å². The molecule has 0 spiro atoms. The van der Waals surface area contributed by atoms with E-state index in [-0.39, 0.29) is 0 Å². The van der Waals surface area contributed by atoms with E-state index >= 15 is 0 Å². The second kappa shape index (κ2) is 6.74. The Kier molecular flexibility index (Phi) is 5.24. The molecule has 1 atom stereocenters. The largest absolute Gasteiger partial charge is 0.319 e. The molecule has 108 valence electrons.